The third kappa shape index (κ3) is 5.01. The molecule has 33 heavy (non-hydrogen) atoms. The molecule has 4 aromatic rings. The number of rotatable bonds is 6. The van der Waals surface area contributed by atoms with Gasteiger partial charge in [0.2, 0.25) is 5.13 Å². The van der Waals surface area contributed by atoms with E-state index in [0.717, 1.165) is 10.7 Å². The summed E-state index contributed by atoms with van der Waals surface area (Å²) in [6, 6.07) is 13.1. The summed E-state index contributed by atoms with van der Waals surface area (Å²) in [5.41, 5.74) is 0.960. The first kappa shape index (κ1) is 21.1. The Labute approximate surface area is 193 Å². The van der Waals surface area contributed by atoms with Crippen LogP contribution in [0.5, 0.6) is 11.7 Å². The van der Waals surface area contributed by atoms with Crippen molar-refractivity contribution < 1.29 is 18.3 Å². The fourth-order valence-electron chi connectivity index (χ4n) is 3.50. The monoisotopic (exact) mass is 465 g/mol. The molecule has 1 saturated heterocycles. The van der Waals surface area contributed by atoms with Crippen LogP contribution in [-0.2, 0) is 6.42 Å². The lowest BCUT2D eigenvalue weighted by Crippen LogP contribution is -2.48. The minimum absolute atomic E-state index is 0.176. The number of amides is 1. The third-order valence-corrected chi connectivity index (χ3v) is 6.03. The summed E-state index contributed by atoms with van der Waals surface area (Å²) in [7, 11) is 0. The van der Waals surface area contributed by atoms with E-state index in [1.165, 1.54) is 23.7 Å². The minimum atomic E-state index is -0.259. The lowest BCUT2D eigenvalue weighted by molar-refractivity contribution is 0.0709. The Kier molecular flexibility index (Phi) is 5.99. The number of benzene rings is 1. The number of hydrogen-bond donors (Lipinski definition) is 0. The lowest BCUT2D eigenvalue weighted by Gasteiger charge is -2.33. The summed E-state index contributed by atoms with van der Waals surface area (Å²) in [5, 5.41) is 0.823. The maximum atomic E-state index is 13.1. The van der Waals surface area contributed by atoms with Crippen LogP contribution >= 0.6 is 11.5 Å². The molecule has 8 nitrogen and oxygen atoms in total. The first-order valence-corrected chi connectivity index (χ1v) is 11.2. The summed E-state index contributed by atoms with van der Waals surface area (Å²) < 4.78 is 28.7. The number of halogens is 1. The first-order valence-electron chi connectivity index (χ1n) is 10.4. The topological polar surface area (TPSA) is 84.6 Å². The molecule has 0 N–H and O–H groups in total. The zero-order chi connectivity index (χ0) is 22.6. The van der Waals surface area contributed by atoms with E-state index in [1.54, 1.807) is 53.7 Å². The number of pyridine rings is 1. The second-order valence-corrected chi connectivity index (χ2v) is 8.22. The predicted molar refractivity (Wildman–Crippen MR) is 120 cm³/mol. The smallest absolute Gasteiger partial charge is 0.290 e. The molecule has 5 rings (SSSR count). The van der Waals surface area contributed by atoms with Crippen molar-refractivity contribution in [2.24, 2.45) is 0 Å². The number of furan rings is 1. The molecular formula is C23H20FN5O3S. The number of nitrogens with zero attached hydrogens (tertiary/aromatic N) is 5. The van der Waals surface area contributed by atoms with E-state index in [0.29, 0.717) is 44.2 Å². The number of carbonyl (C=O) groups is 1. The van der Waals surface area contributed by atoms with Gasteiger partial charge in [-0.1, -0.05) is 12.1 Å². The summed E-state index contributed by atoms with van der Waals surface area (Å²) in [6.45, 7) is 2.39. The molecule has 0 spiro atoms. The average molecular weight is 466 g/mol. The Hall–Kier alpha value is -3.79. The molecule has 1 aliphatic heterocycles. The van der Waals surface area contributed by atoms with Crippen molar-refractivity contribution in [1.82, 2.24) is 19.2 Å². The molecule has 0 saturated carbocycles. The molecule has 3 aromatic heterocycles. The maximum Gasteiger partial charge on any atom is 0.290 e. The second-order valence-electron chi connectivity index (χ2n) is 7.49. The summed E-state index contributed by atoms with van der Waals surface area (Å²) >= 11 is 1.34. The normalized spacial score (nSPS) is 13.8. The number of anilines is 1. The van der Waals surface area contributed by atoms with Gasteiger partial charge in [0.1, 0.15) is 17.4 Å². The Balaban J connectivity index is 1.15. The standard InChI is InChI=1S/C23H20FN5O3S/c24-17-5-3-16(4-6-17)14-20-26-23(33-27-20)29-12-10-28(11-13-29)22(30)19-7-8-21(32-19)31-18-2-1-9-25-15-18/h1-9,15H,10-14H2. The van der Waals surface area contributed by atoms with Gasteiger partial charge in [0, 0.05) is 56.4 Å². The molecule has 0 unspecified atom stereocenters. The van der Waals surface area contributed by atoms with Gasteiger partial charge in [-0.05, 0) is 35.9 Å². The fourth-order valence-corrected chi connectivity index (χ4v) is 4.24. The zero-order valence-electron chi connectivity index (χ0n) is 17.6. The quantitative estimate of drug-likeness (QED) is 0.425. The van der Waals surface area contributed by atoms with E-state index in [1.807, 2.05) is 0 Å². The molecule has 0 bridgehead atoms. The van der Waals surface area contributed by atoms with Crippen LogP contribution in [0.1, 0.15) is 21.9 Å². The van der Waals surface area contributed by atoms with Crippen LogP contribution in [0, 0.1) is 5.82 Å². The van der Waals surface area contributed by atoms with E-state index in [4.69, 9.17) is 9.15 Å². The van der Waals surface area contributed by atoms with Crippen LogP contribution < -0.4 is 9.64 Å². The number of hydrogen-bond acceptors (Lipinski definition) is 8. The number of ether oxygens (including phenoxy) is 1. The second kappa shape index (κ2) is 9.37. The van der Waals surface area contributed by atoms with Gasteiger partial charge in [0.05, 0.1) is 6.20 Å². The van der Waals surface area contributed by atoms with Gasteiger partial charge in [0.15, 0.2) is 5.76 Å². The average Bonchev–Trinajstić information content (AvgIpc) is 3.51. The molecule has 1 aromatic carbocycles. The minimum Gasteiger partial charge on any atom is -0.424 e. The zero-order valence-corrected chi connectivity index (χ0v) is 18.4. The molecule has 4 heterocycles. The largest absolute Gasteiger partial charge is 0.424 e. The van der Waals surface area contributed by atoms with Crippen molar-refractivity contribution in [3.05, 3.63) is 83.9 Å². The molecule has 1 aliphatic rings. The molecule has 10 heteroatoms. The van der Waals surface area contributed by atoms with E-state index in [9.17, 15) is 9.18 Å². The summed E-state index contributed by atoms with van der Waals surface area (Å²) in [5.74, 6) is 1.29. The van der Waals surface area contributed by atoms with E-state index in [-0.39, 0.29) is 23.4 Å². The number of carbonyl (C=O) groups excluding carboxylic acids is 1. The van der Waals surface area contributed by atoms with Crippen LogP contribution in [0.4, 0.5) is 9.52 Å². The molecular weight excluding hydrogens is 445 g/mol. The number of piperazine rings is 1. The van der Waals surface area contributed by atoms with Crippen molar-refractivity contribution in [3.8, 4) is 11.7 Å². The Morgan fingerprint density at radius 1 is 1.09 bits per heavy atom. The fraction of sp³-hybridized carbons (Fsp3) is 0.217. The third-order valence-electron chi connectivity index (χ3n) is 5.22. The van der Waals surface area contributed by atoms with Crippen LogP contribution in [0.25, 0.3) is 0 Å². The first-order chi connectivity index (χ1) is 16.1. The van der Waals surface area contributed by atoms with Crippen LogP contribution in [0.15, 0.2) is 65.3 Å². The highest BCUT2D eigenvalue weighted by Crippen LogP contribution is 2.25. The Morgan fingerprint density at radius 2 is 1.91 bits per heavy atom. The van der Waals surface area contributed by atoms with Crippen molar-refractivity contribution in [3.63, 3.8) is 0 Å². The van der Waals surface area contributed by atoms with Gasteiger partial charge in [-0.2, -0.15) is 4.37 Å². The van der Waals surface area contributed by atoms with Gasteiger partial charge >= 0.3 is 0 Å². The molecule has 1 fully saturated rings. The predicted octanol–water partition coefficient (Wildman–Crippen LogP) is 4.01. The lowest BCUT2D eigenvalue weighted by atomic mass is 10.1. The van der Waals surface area contributed by atoms with E-state index in [2.05, 4.69) is 19.2 Å². The highest BCUT2D eigenvalue weighted by Gasteiger charge is 2.26. The molecule has 0 aliphatic carbocycles. The van der Waals surface area contributed by atoms with Crippen LogP contribution in [0.2, 0.25) is 0 Å². The summed E-state index contributed by atoms with van der Waals surface area (Å²) in [4.78, 5) is 25.3. The van der Waals surface area contributed by atoms with Crippen LogP contribution in [0.3, 0.4) is 0 Å². The van der Waals surface area contributed by atoms with Gasteiger partial charge in [0.25, 0.3) is 11.9 Å². The highest BCUT2D eigenvalue weighted by molar-refractivity contribution is 7.09. The van der Waals surface area contributed by atoms with E-state index < -0.39 is 0 Å². The SMILES string of the molecule is O=C(c1ccc(Oc2cccnc2)o1)N1CCN(c2nc(Cc3ccc(F)cc3)ns2)CC1. The van der Waals surface area contributed by atoms with Crippen molar-refractivity contribution in [1.29, 1.82) is 0 Å². The van der Waals surface area contributed by atoms with E-state index >= 15 is 0 Å². The van der Waals surface area contributed by atoms with Gasteiger partial charge in [-0.15, -0.1) is 0 Å². The molecule has 168 valence electrons. The van der Waals surface area contributed by atoms with Crippen molar-refractivity contribution >= 4 is 22.6 Å². The van der Waals surface area contributed by atoms with Gasteiger partial charge < -0.3 is 19.0 Å². The Bertz CT molecular complexity index is 1220. The highest BCUT2D eigenvalue weighted by atomic mass is 32.1. The molecule has 0 radical (unpaired) electrons. The Morgan fingerprint density at radius 3 is 2.67 bits per heavy atom. The van der Waals surface area contributed by atoms with Crippen molar-refractivity contribution in [2.45, 2.75) is 6.42 Å². The summed E-state index contributed by atoms with van der Waals surface area (Å²) in [6.07, 6.45) is 3.77. The van der Waals surface area contributed by atoms with Gasteiger partial charge in [-0.25, -0.2) is 9.37 Å². The molecule has 0 atom stereocenters. The van der Waals surface area contributed by atoms with Crippen molar-refractivity contribution in [2.75, 3.05) is 31.1 Å². The number of aromatic nitrogens is 3. The maximum absolute atomic E-state index is 13.1. The molecule has 1 amide bonds. The van der Waals surface area contributed by atoms with Gasteiger partial charge in [-0.3, -0.25) is 9.78 Å². The van der Waals surface area contributed by atoms with Crippen LogP contribution in [-0.4, -0.2) is 51.3 Å².